The summed E-state index contributed by atoms with van der Waals surface area (Å²) >= 11 is 0. The highest BCUT2D eigenvalue weighted by Crippen LogP contribution is 2.32. The lowest BCUT2D eigenvalue weighted by molar-refractivity contribution is -0.164. The number of benzene rings is 1. The molecule has 0 amide bonds. The minimum absolute atomic E-state index is 0.0723. The van der Waals surface area contributed by atoms with E-state index < -0.39 is 35.8 Å². The highest BCUT2D eigenvalue weighted by molar-refractivity contribution is 6.00. The highest BCUT2D eigenvalue weighted by atomic mass is 16.6. The summed E-state index contributed by atoms with van der Waals surface area (Å²) in [5, 5.41) is 0. The van der Waals surface area contributed by atoms with Crippen LogP contribution >= 0.6 is 0 Å². The van der Waals surface area contributed by atoms with Crippen LogP contribution in [0.15, 0.2) is 42.6 Å². The Kier molecular flexibility index (Phi) is 12.9. The molecule has 0 fully saturated rings. The molecule has 0 saturated heterocycles. The second-order valence-electron chi connectivity index (χ2n) is 9.62. The third kappa shape index (κ3) is 9.35. The molecule has 0 bridgehead atoms. The number of pyridine rings is 1. The first kappa shape index (κ1) is 31.8. The molecule has 2 aromatic rings. The fraction of sp³-hybridized carbons (Fsp3) is 0.533. The normalized spacial score (nSPS) is 14.2. The van der Waals surface area contributed by atoms with Crippen LogP contribution in [0.4, 0.5) is 0 Å². The number of para-hydroxylation sites is 1. The number of ether oxygens (including phenoxy) is 5. The lowest BCUT2D eigenvalue weighted by Crippen LogP contribution is -2.45. The van der Waals surface area contributed by atoms with E-state index in [1.165, 1.54) is 26.3 Å². The number of nitrogens with zero attached hydrogens (tertiary/aromatic N) is 1. The van der Waals surface area contributed by atoms with Crippen molar-refractivity contribution in [2.45, 2.75) is 79.1 Å². The van der Waals surface area contributed by atoms with Crippen LogP contribution in [0.2, 0.25) is 0 Å². The molecule has 9 nitrogen and oxygen atoms in total. The Morgan fingerprint density at radius 2 is 1.69 bits per heavy atom. The second-order valence-corrected chi connectivity index (χ2v) is 9.62. The fourth-order valence-corrected chi connectivity index (χ4v) is 4.10. The average molecular weight is 544 g/mol. The minimum Gasteiger partial charge on any atom is -0.493 e. The van der Waals surface area contributed by atoms with Crippen molar-refractivity contribution < 1.29 is 38.1 Å². The van der Waals surface area contributed by atoms with Crippen molar-refractivity contribution >= 4 is 17.7 Å². The summed E-state index contributed by atoms with van der Waals surface area (Å²) in [5.74, 6) is -1.85. The number of aromatic nitrogens is 1. The van der Waals surface area contributed by atoms with Crippen LogP contribution in [0.1, 0.15) is 71.3 Å². The summed E-state index contributed by atoms with van der Waals surface area (Å²) in [6, 6.07) is 10.8. The van der Waals surface area contributed by atoms with Crippen molar-refractivity contribution in [2.75, 3.05) is 13.7 Å². The molecule has 1 heterocycles. The van der Waals surface area contributed by atoms with E-state index in [2.05, 4.69) is 4.98 Å². The van der Waals surface area contributed by atoms with Gasteiger partial charge in [-0.2, -0.15) is 0 Å². The van der Waals surface area contributed by atoms with Gasteiger partial charge in [-0.3, -0.25) is 14.4 Å². The molecule has 1 aromatic heterocycles. The molecule has 214 valence electrons. The zero-order valence-corrected chi connectivity index (χ0v) is 24.0. The van der Waals surface area contributed by atoms with Gasteiger partial charge in [0.2, 0.25) is 5.75 Å². The van der Waals surface area contributed by atoms with E-state index >= 15 is 0 Å². The number of hydrogen-bond donors (Lipinski definition) is 0. The van der Waals surface area contributed by atoms with Gasteiger partial charge in [-0.05, 0) is 37.8 Å². The van der Waals surface area contributed by atoms with Gasteiger partial charge in [0, 0.05) is 32.2 Å². The lowest BCUT2D eigenvalue weighted by atomic mass is 9.89. The van der Waals surface area contributed by atoms with Crippen LogP contribution in [0.5, 0.6) is 17.2 Å². The maximum absolute atomic E-state index is 13.4. The Hall–Kier alpha value is -3.46. The number of Topliss-reactive ketones (excluding diaryl/α,β-unsaturated/α-hetero) is 1. The van der Waals surface area contributed by atoms with Crippen LogP contribution in [-0.4, -0.2) is 54.7 Å². The SMILES string of the molecule is CCCO[C@@H](CC)[C@@H](Oc1ccccc1)[C@H](C)OC(=O)[C@@H](CC(=O)c1nccc(OC)c1OC(C)=O)C(C)C. The van der Waals surface area contributed by atoms with Crippen molar-refractivity contribution in [2.24, 2.45) is 11.8 Å². The molecule has 0 aliphatic carbocycles. The average Bonchev–Trinajstić information content (AvgIpc) is 2.91. The Labute approximate surface area is 231 Å². The summed E-state index contributed by atoms with van der Waals surface area (Å²) in [6.07, 6.45) is 1.16. The summed E-state index contributed by atoms with van der Waals surface area (Å²) in [7, 11) is 1.40. The van der Waals surface area contributed by atoms with Crippen molar-refractivity contribution in [3.05, 3.63) is 48.3 Å². The van der Waals surface area contributed by atoms with Crippen LogP contribution in [-0.2, 0) is 19.1 Å². The van der Waals surface area contributed by atoms with E-state index in [4.69, 9.17) is 23.7 Å². The highest BCUT2D eigenvalue weighted by Gasteiger charge is 2.35. The van der Waals surface area contributed by atoms with E-state index in [0.29, 0.717) is 18.8 Å². The molecule has 39 heavy (non-hydrogen) atoms. The maximum atomic E-state index is 13.4. The van der Waals surface area contributed by atoms with Gasteiger partial charge < -0.3 is 23.7 Å². The maximum Gasteiger partial charge on any atom is 0.310 e. The molecular weight excluding hydrogens is 502 g/mol. The molecule has 0 N–H and O–H groups in total. The quantitative estimate of drug-likeness (QED) is 0.202. The van der Waals surface area contributed by atoms with Crippen LogP contribution in [0.3, 0.4) is 0 Å². The Morgan fingerprint density at radius 3 is 2.26 bits per heavy atom. The van der Waals surface area contributed by atoms with Gasteiger partial charge >= 0.3 is 11.9 Å². The third-order valence-electron chi connectivity index (χ3n) is 6.20. The van der Waals surface area contributed by atoms with Crippen LogP contribution in [0, 0.1) is 11.8 Å². The van der Waals surface area contributed by atoms with Gasteiger partial charge in [0.25, 0.3) is 0 Å². The molecule has 0 aliphatic rings. The predicted molar refractivity (Wildman–Crippen MR) is 146 cm³/mol. The first-order valence-corrected chi connectivity index (χ1v) is 13.4. The molecule has 0 radical (unpaired) electrons. The molecule has 9 heteroatoms. The molecule has 4 atom stereocenters. The molecule has 0 unspecified atom stereocenters. The first-order chi connectivity index (χ1) is 18.6. The smallest absolute Gasteiger partial charge is 0.310 e. The summed E-state index contributed by atoms with van der Waals surface area (Å²) in [6.45, 7) is 11.2. The first-order valence-electron chi connectivity index (χ1n) is 13.4. The van der Waals surface area contributed by atoms with E-state index in [9.17, 15) is 14.4 Å². The van der Waals surface area contributed by atoms with Gasteiger partial charge in [0.05, 0.1) is 19.1 Å². The van der Waals surface area contributed by atoms with Gasteiger partial charge in [-0.25, -0.2) is 4.98 Å². The lowest BCUT2D eigenvalue weighted by Gasteiger charge is -2.32. The van der Waals surface area contributed by atoms with Gasteiger partial charge in [-0.1, -0.05) is 45.9 Å². The van der Waals surface area contributed by atoms with Crippen LogP contribution in [0.25, 0.3) is 0 Å². The molecule has 2 rings (SSSR count). The van der Waals surface area contributed by atoms with E-state index in [1.54, 1.807) is 6.92 Å². The Bertz CT molecular complexity index is 1070. The summed E-state index contributed by atoms with van der Waals surface area (Å²) in [5.41, 5.74) is -0.0830. The summed E-state index contributed by atoms with van der Waals surface area (Å²) in [4.78, 5) is 42.5. The van der Waals surface area contributed by atoms with Gasteiger partial charge in [-0.15, -0.1) is 0 Å². The number of carbonyl (C=O) groups excluding carboxylic acids is 3. The van der Waals surface area contributed by atoms with Gasteiger partial charge in [0.15, 0.2) is 23.3 Å². The topological polar surface area (TPSA) is 110 Å². The number of carbonyl (C=O) groups is 3. The number of esters is 2. The minimum atomic E-state index is -0.771. The van der Waals surface area contributed by atoms with E-state index in [-0.39, 0.29) is 35.6 Å². The molecule has 0 spiro atoms. The zero-order valence-electron chi connectivity index (χ0n) is 24.0. The Balaban J connectivity index is 2.26. The van der Waals surface area contributed by atoms with Crippen molar-refractivity contribution in [1.82, 2.24) is 4.98 Å². The molecule has 1 aromatic carbocycles. The summed E-state index contributed by atoms with van der Waals surface area (Å²) < 4.78 is 28.7. The van der Waals surface area contributed by atoms with Crippen molar-refractivity contribution in [3.63, 3.8) is 0 Å². The third-order valence-corrected chi connectivity index (χ3v) is 6.20. The number of rotatable bonds is 16. The fourth-order valence-electron chi connectivity index (χ4n) is 4.10. The molecular formula is C30H41NO8. The Morgan fingerprint density at radius 1 is 1.00 bits per heavy atom. The monoisotopic (exact) mass is 543 g/mol. The number of methoxy groups -OCH3 is 1. The standard InChI is InChI=1S/C30H41NO8/c1-8-17-36-25(9-2)28(39-22-13-11-10-12-14-22)20(5)37-30(34)23(19(3)4)18-24(33)27-29(38-21(6)32)26(35-7)15-16-31-27/h10-16,19-20,23,25,28H,8-9,17-18H2,1-7H3/t20-,23-,25-,28-/m0/s1. The van der Waals surface area contributed by atoms with Crippen molar-refractivity contribution in [1.29, 1.82) is 0 Å². The van der Waals surface area contributed by atoms with Gasteiger partial charge in [0.1, 0.15) is 11.9 Å². The largest absolute Gasteiger partial charge is 0.493 e. The number of ketones is 1. The zero-order chi connectivity index (χ0) is 28.9. The molecule has 0 aliphatic heterocycles. The van der Waals surface area contributed by atoms with E-state index in [0.717, 1.165) is 6.42 Å². The van der Waals surface area contributed by atoms with Crippen molar-refractivity contribution in [3.8, 4) is 17.2 Å². The second kappa shape index (κ2) is 15.8. The van der Waals surface area contributed by atoms with E-state index in [1.807, 2.05) is 58.0 Å². The predicted octanol–water partition coefficient (Wildman–Crippen LogP) is 5.45. The molecule has 0 saturated carbocycles. The van der Waals surface area contributed by atoms with Crippen LogP contribution < -0.4 is 14.2 Å². The number of hydrogen-bond acceptors (Lipinski definition) is 9.